The Balaban J connectivity index is 0. The van der Waals surface area contributed by atoms with Crippen LogP contribution in [-0.2, 0) is 4.79 Å². The predicted octanol–water partition coefficient (Wildman–Crippen LogP) is 1.00. The summed E-state index contributed by atoms with van der Waals surface area (Å²) in [5.41, 5.74) is 0. The van der Waals surface area contributed by atoms with Crippen LogP contribution in [0, 0.1) is 0 Å². The van der Waals surface area contributed by atoms with E-state index < -0.39 is 5.97 Å². The number of likely N-dealkylation sites (N-methyl/N-ethyl adjacent to an activating group) is 1. The summed E-state index contributed by atoms with van der Waals surface area (Å²) in [7, 11) is 3.87. The highest BCUT2D eigenvalue weighted by molar-refractivity contribution is 5.85. The van der Waals surface area contributed by atoms with E-state index in [1.165, 1.54) is 0 Å². The van der Waals surface area contributed by atoms with Crippen LogP contribution in [-0.4, -0.2) is 36.6 Å². The summed E-state index contributed by atoms with van der Waals surface area (Å²) in [4.78, 5) is 11.9. The lowest BCUT2D eigenvalue weighted by atomic mass is 10.4. The van der Waals surface area contributed by atoms with Gasteiger partial charge < -0.3 is 10.0 Å². The van der Waals surface area contributed by atoms with Crippen molar-refractivity contribution in [1.82, 2.24) is 4.90 Å². The molecule has 0 saturated heterocycles. The molecule has 0 saturated carbocycles. The van der Waals surface area contributed by atoms with Crippen LogP contribution in [0.1, 0.15) is 6.42 Å². The Bertz CT molecular complexity index is 134. The molecule has 11 heavy (non-hydrogen) atoms. The van der Waals surface area contributed by atoms with Gasteiger partial charge in [-0.2, -0.15) is 0 Å². The minimum Gasteiger partial charge on any atom is -0.481 e. The quantitative estimate of drug-likeness (QED) is 0.655. The molecular formula is C7H14ClNO2. The van der Waals surface area contributed by atoms with Crippen LogP contribution in [0.4, 0.5) is 0 Å². The van der Waals surface area contributed by atoms with Gasteiger partial charge in [-0.25, -0.2) is 0 Å². The van der Waals surface area contributed by atoms with Crippen molar-refractivity contribution in [3.63, 3.8) is 0 Å². The highest BCUT2D eigenvalue weighted by Gasteiger charge is 1.88. The van der Waals surface area contributed by atoms with E-state index in [1.54, 1.807) is 6.08 Å². The van der Waals surface area contributed by atoms with Crippen molar-refractivity contribution >= 4 is 18.4 Å². The molecule has 0 rings (SSSR count). The minimum absolute atomic E-state index is 0. The maximum absolute atomic E-state index is 9.98. The van der Waals surface area contributed by atoms with Gasteiger partial charge in [0.15, 0.2) is 0 Å². The van der Waals surface area contributed by atoms with Gasteiger partial charge >= 0.3 is 5.97 Å². The zero-order chi connectivity index (χ0) is 7.98. The lowest BCUT2D eigenvalue weighted by molar-refractivity contribution is -0.136. The van der Waals surface area contributed by atoms with Gasteiger partial charge in [0, 0.05) is 6.54 Å². The Morgan fingerprint density at radius 3 is 2.36 bits per heavy atom. The van der Waals surface area contributed by atoms with Gasteiger partial charge in [0.25, 0.3) is 0 Å². The number of nitrogens with zero attached hydrogens (tertiary/aromatic N) is 1. The first kappa shape index (κ1) is 13.1. The fraction of sp³-hybridized carbons (Fsp3) is 0.571. The van der Waals surface area contributed by atoms with E-state index in [-0.39, 0.29) is 18.8 Å². The van der Waals surface area contributed by atoms with E-state index in [9.17, 15) is 4.79 Å². The number of aliphatic carboxylic acids is 1. The number of carboxylic acid groups (broad SMARTS) is 1. The summed E-state index contributed by atoms with van der Waals surface area (Å²) >= 11 is 0. The first-order chi connectivity index (χ1) is 4.63. The average Bonchev–Trinajstić information content (AvgIpc) is 1.79. The lowest BCUT2D eigenvalue weighted by Gasteiger charge is -2.02. The topological polar surface area (TPSA) is 40.5 Å². The molecule has 0 aromatic rings. The molecule has 0 fully saturated rings. The fourth-order valence-electron chi connectivity index (χ4n) is 0.470. The van der Waals surface area contributed by atoms with E-state index >= 15 is 0 Å². The molecule has 4 heteroatoms. The molecule has 0 atom stereocenters. The zero-order valence-electron chi connectivity index (χ0n) is 6.78. The van der Waals surface area contributed by atoms with E-state index in [2.05, 4.69) is 0 Å². The van der Waals surface area contributed by atoms with Crippen LogP contribution in [0.15, 0.2) is 12.2 Å². The van der Waals surface area contributed by atoms with E-state index in [0.717, 1.165) is 6.54 Å². The lowest BCUT2D eigenvalue weighted by Crippen LogP contribution is -2.10. The van der Waals surface area contributed by atoms with E-state index in [0.29, 0.717) is 0 Å². The first-order valence-corrected chi connectivity index (χ1v) is 3.14. The standard InChI is InChI=1S/C7H13NO2.ClH/c1-8(2)6-4-3-5-7(9)10;/h3-4H,5-6H2,1-2H3,(H,9,10);1H. The number of carboxylic acids is 1. The summed E-state index contributed by atoms with van der Waals surface area (Å²) in [6.45, 7) is 0.799. The number of hydrogen-bond donors (Lipinski definition) is 1. The monoisotopic (exact) mass is 179 g/mol. The van der Waals surface area contributed by atoms with Crippen LogP contribution < -0.4 is 0 Å². The van der Waals surface area contributed by atoms with Crippen LogP contribution in [0.5, 0.6) is 0 Å². The summed E-state index contributed by atoms with van der Waals surface area (Å²) in [6.07, 6.45) is 3.62. The van der Waals surface area contributed by atoms with E-state index in [1.807, 2.05) is 25.1 Å². The highest BCUT2D eigenvalue weighted by Crippen LogP contribution is 1.83. The second-order valence-electron chi connectivity index (χ2n) is 2.33. The molecule has 0 radical (unpaired) electrons. The van der Waals surface area contributed by atoms with Crippen molar-refractivity contribution in [2.24, 2.45) is 0 Å². The summed E-state index contributed by atoms with van der Waals surface area (Å²) in [6, 6.07) is 0. The Kier molecular flexibility index (Phi) is 9.00. The van der Waals surface area contributed by atoms with Gasteiger partial charge in [-0.3, -0.25) is 4.79 Å². The van der Waals surface area contributed by atoms with Crippen LogP contribution in [0.2, 0.25) is 0 Å². The molecule has 0 aliphatic heterocycles. The first-order valence-electron chi connectivity index (χ1n) is 3.14. The Morgan fingerprint density at radius 2 is 2.00 bits per heavy atom. The van der Waals surface area contributed by atoms with Crippen molar-refractivity contribution in [1.29, 1.82) is 0 Å². The zero-order valence-corrected chi connectivity index (χ0v) is 7.60. The molecule has 1 N–H and O–H groups in total. The van der Waals surface area contributed by atoms with Crippen molar-refractivity contribution < 1.29 is 9.90 Å². The molecule has 3 nitrogen and oxygen atoms in total. The maximum Gasteiger partial charge on any atom is 0.307 e. The van der Waals surface area contributed by atoms with Crippen LogP contribution in [0.3, 0.4) is 0 Å². The fourth-order valence-corrected chi connectivity index (χ4v) is 0.470. The number of rotatable bonds is 4. The molecular weight excluding hydrogens is 166 g/mol. The highest BCUT2D eigenvalue weighted by atomic mass is 35.5. The molecule has 0 unspecified atom stereocenters. The van der Waals surface area contributed by atoms with Crippen LogP contribution >= 0.6 is 12.4 Å². The molecule has 0 heterocycles. The van der Waals surface area contributed by atoms with Gasteiger partial charge in [0.05, 0.1) is 6.42 Å². The van der Waals surface area contributed by atoms with Gasteiger partial charge in [0.2, 0.25) is 0 Å². The Hall–Kier alpha value is -0.540. The predicted molar refractivity (Wildman–Crippen MR) is 47.2 cm³/mol. The Labute approximate surface area is 73.1 Å². The second-order valence-corrected chi connectivity index (χ2v) is 2.33. The maximum atomic E-state index is 9.98. The summed E-state index contributed by atoms with van der Waals surface area (Å²) < 4.78 is 0. The molecule has 0 bridgehead atoms. The normalized spacial score (nSPS) is 10.1. The second kappa shape index (κ2) is 7.57. The van der Waals surface area contributed by atoms with Crippen molar-refractivity contribution in [2.75, 3.05) is 20.6 Å². The van der Waals surface area contributed by atoms with Crippen molar-refractivity contribution in [3.8, 4) is 0 Å². The molecule has 66 valence electrons. The molecule has 0 amide bonds. The molecule has 0 aromatic carbocycles. The molecule has 0 aromatic heterocycles. The van der Waals surface area contributed by atoms with Gasteiger partial charge in [-0.15, -0.1) is 12.4 Å². The number of carbonyl (C=O) groups is 1. The average molecular weight is 180 g/mol. The third-order valence-electron chi connectivity index (χ3n) is 0.930. The van der Waals surface area contributed by atoms with Crippen molar-refractivity contribution in [3.05, 3.63) is 12.2 Å². The minimum atomic E-state index is -0.782. The van der Waals surface area contributed by atoms with Gasteiger partial charge in [0.1, 0.15) is 0 Å². The summed E-state index contributed by atoms with van der Waals surface area (Å²) in [5.74, 6) is -0.782. The third kappa shape index (κ3) is 12.6. The van der Waals surface area contributed by atoms with Gasteiger partial charge in [-0.05, 0) is 14.1 Å². The third-order valence-corrected chi connectivity index (χ3v) is 0.930. The SMILES string of the molecule is CN(C)CC=CCC(=O)O.Cl. The number of hydrogen-bond acceptors (Lipinski definition) is 2. The van der Waals surface area contributed by atoms with Crippen LogP contribution in [0.25, 0.3) is 0 Å². The van der Waals surface area contributed by atoms with Crippen molar-refractivity contribution in [2.45, 2.75) is 6.42 Å². The smallest absolute Gasteiger partial charge is 0.307 e. The van der Waals surface area contributed by atoms with Gasteiger partial charge in [-0.1, -0.05) is 12.2 Å². The summed E-state index contributed by atoms with van der Waals surface area (Å²) in [5, 5.41) is 8.21. The molecule has 0 aliphatic carbocycles. The molecule has 0 aliphatic rings. The number of halogens is 1. The largest absolute Gasteiger partial charge is 0.481 e. The Morgan fingerprint density at radius 1 is 1.45 bits per heavy atom. The molecule has 0 spiro atoms. The van der Waals surface area contributed by atoms with E-state index in [4.69, 9.17) is 5.11 Å².